The van der Waals surface area contributed by atoms with Crippen LogP contribution in [0.15, 0.2) is 48.7 Å². The average molecular weight is 361 g/mol. The molecule has 0 unspecified atom stereocenters. The van der Waals surface area contributed by atoms with E-state index in [0.29, 0.717) is 26.5 Å². The van der Waals surface area contributed by atoms with Crippen LogP contribution in [0.3, 0.4) is 0 Å². The number of amides is 1. The highest BCUT2D eigenvalue weighted by Crippen LogP contribution is 2.38. The molecule has 2 N–H and O–H groups in total. The number of aromatic hydroxyl groups is 1. The number of carbonyl (C=O) groups is 1. The van der Waals surface area contributed by atoms with Gasteiger partial charge in [0.25, 0.3) is 0 Å². The number of phenols is 1. The maximum absolute atomic E-state index is 11.7. The van der Waals surface area contributed by atoms with Gasteiger partial charge in [0.2, 0.25) is 5.91 Å². The molecule has 6 heteroatoms. The largest absolute Gasteiger partial charge is 0.505 e. The zero-order valence-corrected chi connectivity index (χ0v) is 14.3. The maximum atomic E-state index is 11.7. The van der Waals surface area contributed by atoms with Gasteiger partial charge in [0, 0.05) is 29.1 Å². The van der Waals surface area contributed by atoms with Gasteiger partial charge in [0.1, 0.15) is 11.3 Å². The molecule has 2 aromatic carbocycles. The first-order valence-corrected chi connectivity index (χ1v) is 8.01. The number of rotatable bonds is 3. The SMILES string of the molecule is CC(=O)N[C@@H](c1ccc(Cl)cc1)c1cc(Cl)c2cccnc2c1O. The molecule has 0 spiro atoms. The van der Waals surface area contributed by atoms with E-state index in [9.17, 15) is 9.90 Å². The van der Waals surface area contributed by atoms with Gasteiger partial charge in [-0.2, -0.15) is 0 Å². The Labute approximate surface area is 149 Å². The van der Waals surface area contributed by atoms with Gasteiger partial charge in [-0.3, -0.25) is 9.78 Å². The molecule has 0 saturated carbocycles. The Morgan fingerprint density at radius 1 is 1.21 bits per heavy atom. The molecule has 1 heterocycles. The molecular formula is C18H14Cl2N2O2. The van der Waals surface area contributed by atoms with Crippen LogP contribution < -0.4 is 5.32 Å². The van der Waals surface area contributed by atoms with E-state index in [4.69, 9.17) is 23.2 Å². The number of hydrogen-bond donors (Lipinski definition) is 2. The molecule has 122 valence electrons. The van der Waals surface area contributed by atoms with Crippen molar-refractivity contribution in [1.29, 1.82) is 0 Å². The Bertz CT molecular complexity index is 911. The van der Waals surface area contributed by atoms with Gasteiger partial charge in [-0.15, -0.1) is 0 Å². The van der Waals surface area contributed by atoms with Crippen molar-refractivity contribution in [2.45, 2.75) is 13.0 Å². The van der Waals surface area contributed by atoms with E-state index in [0.717, 1.165) is 5.56 Å². The van der Waals surface area contributed by atoms with Crippen molar-refractivity contribution in [2.24, 2.45) is 0 Å². The predicted molar refractivity (Wildman–Crippen MR) is 95.5 cm³/mol. The number of halogens is 2. The molecule has 1 atom stereocenters. The second-order valence-corrected chi connectivity index (χ2v) is 6.22. The number of nitrogens with zero attached hydrogens (tertiary/aromatic N) is 1. The molecule has 0 aliphatic rings. The highest BCUT2D eigenvalue weighted by atomic mass is 35.5. The fourth-order valence-electron chi connectivity index (χ4n) is 2.63. The second-order valence-electron chi connectivity index (χ2n) is 5.38. The van der Waals surface area contributed by atoms with E-state index in [1.54, 1.807) is 48.7 Å². The zero-order chi connectivity index (χ0) is 17.3. The van der Waals surface area contributed by atoms with Crippen molar-refractivity contribution in [3.05, 3.63) is 69.8 Å². The molecule has 1 amide bonds. The Hall–Kier alpha value is -2.30. The Morgan fingerprint density at radius 3 is 2.58 bits per heavy atom. The van der Waals surface area contributed by atoms with Gasteiger partial charge in [0.05, 0.1) is 11.1 Å². The van der Waals surface area contributed by atoms with Crippen LogP contribution in [0.25, 0.3) is 10.9 Å². The van der Waals surface area contributed by atoms with Crippen molar-refractivity contribution in [1.82, 2.24) is 10.3 Å². The van der Waals surface area contributed by atoms with Crippen molar-refractivity contribution in [2.75, 3.05) is 0 Å². The number of fused-ring (bicyclic) bond motifs is 1. The van der Waals surface area contributed by atoms with E-state index < -0.39 is 6.04 Å². The van der Waals surface area contributed by atoms with Crippen molar-refractivity contribution < 1.29 is 9.90 Å². The van der Waals surface area contributed by atoms with Gasteiger partial charge in [-0.25, -0.2) is 0 Å². The number of phenolic OH excluding ortho intramolecular Hbond substituents is 1. The number of nitrogens with one attached hydrogen (secondary N) is 1. The molecule has 1 aromatic heterocycles. The third-order valence-corrected chi connectivity index (χ3v) is 4.27. The summed E-state index contributed by atoms with van der Waals surface area (Å²) in [6, 6.07) is 11.6. The third kappa shape index (κ3) is 3.16. The topological polar surface area (TPSA) is 62.2 Å². The van der Waals surface area contributed by atoms with Gasteiger partial charge in [0.15, 0.2) is 0 Å². The smallest absolute Gasteiger partial charge is 0.217 e. The van der Waals surface area contributed by atoms with Gasteiger partial charge in [-0.1, -0.05) is 35.3 Å². The van der Waals surface area contributed by atoms with E-state index in [1.165, 1.54) is 6.92 Å². The summed E-state index contributed by atoms with van der Waals surface area (Å²) in [7, 11) is 0. The summed E-state index contributed by atoms with van der Waals surface area (Å²) in [5.74, 6) is -0.240. The number of pyridine rings is 1. The lowest BCUT2D eigenvalue weighted by Gasteiger charge is -2.21. The van der Waals surface area contributed by atoms with Crippen LogP contribution in [-0.2, 0) is 4.79 Å². The minimum atomic E-state index is -0.566. The third-order valence-electron chi connectivity index (χ3n) is 3.71. The monoisotopic (exact) mass is 360 g/mol. The lowest BCUT2D eigenvalue weighted by atomic mass is 9.96. The number of carbonyl (C=O) groups excluding carboxylic acids is 1. The second kappa shape index (κ2) is 6.67. The first-order valence-electron chi connectivity index (χ1n) is 7.26. The van der Waals surface area contributed by atoms with Crippen LogP contribution in [0, 0.1) is 0 Å². The van der Waals surface area contributed by atoms with Gasteiger partial charge < -0.3 is 10.4 Å². The summed E-state index contributed by atoms with van der Waals surface area (Å²) in [5, 5.41) is 15.2. The van der Waals surface area contributed by atoms with Gasteiger partial charge in [-0.05, 0) is 35.9 Å². The van der Waals surface area contributed by atoms with E-state index in [2.05, 4.69) is 10.3 Å². The molecule has 0 aliphatic heterocycles. The van der Waals surface area contributed by atoms with Crippen LogP contribution in [0.4, 0.5) is 0 Å². The van der Waals surface area contributed by atoms with Crippen molar-refractivity contribution in [3.63, 3.8) is 0 Å². The quantitative estimate of drug-likeness (QED) is 0.723. The van der Waals surface area contributed by atoms with Gasteiger partial charge >= 0.3 is 0 Å². The standard InChI is InChI=1S/C18H14Cl2N2O2/c1-10(23)22-16(11-4-6-12(19)7-5-11)14-9-15(20)13-3-2-8-21-17(13)18(14)24/h2-9,16,24H,1H3,(H,22,23)/t16-/m0/s1. The lowest BCUT2D eigenvalue weighted by molar-refractivity contribution is -0.119. The van der Waals surface area contributed by atoms with Crippen LogP contribution >= 0.6 is 23.2 Å². The molecular weight excluding hydrogens is 347 g/mol. The molecule has 4 nitrogen and oxygen atoms in total. The normalized spacial score (nSPS) is 12.1. The Morgan fingerprint density at radius 2 is 1.92 bits per heavy atom. The van der Waals surface area contributed by atoms with E-state index in [-0.39, 0.29) is 11.7 Å². The molecule has 0 radical (unpaired) electrons. The number of aromatic nitrogens is 1. The predicted octanol–water partition coefficient (Wildman–Crippen LogP) is 4.47. The molecule has 0 aliphatic carbocycles. The average Bonchev–Trinajstić information content (AvgIpc) is 2.57. The van der Waals surface area contributed by atoms with Crippen LogP contribution in [0.1, 0.15) is 24.1 Å². The summed E-state index contributed by atoms with van der Waals surface area (Å²) < 4.78 is 0. The zero-order valence-electron chi connectivity index (χ0n) is 12.8. The summed E-state index contributed by atoms with van der Waals surface area (Å²) in [5.41, 5.74) is 1.64. The number of benzene rings is 2. The fourth-order valence-corrected chi connectivity index (χ4v) is 3.02. The van der Waals surface area contributed by atoms with Crippen LogP contribution in [-0.4, -0.2) is 16.0 Å². The van der Waals surface area contributed by atoms with E-state index >= 15 is 0 Å². The highest BCUT2D eigenvalue weighted by Gasteiger charge is 2.22. The van der Waals surface area contributed by atoms with Crippen molar-refractivity contribution >= 4 is 40.0 Å². The minimum Gasteiger partial charge on any atom is -0.505 e. The fraction of sp³-hybridized carbons (Fsp3) is 0.111. The van der Waals surface area contributed by atoms with Crippen LogP contribution in [0.2, 0.25) is 10.0 Å². The summed E-state index contributed by atoms with van der Waals surface area (Å²) >= 11 is 12.3. The first-order chi connectivity index (χ1) is 11.5. The van der Waals surface area contributed by atoms with Crippen LogP contribution in [0.5, 0.6) is 5.75 Å². The summed E-state index contributed by atoms with van der Waals surface area (Å²) in [4.78, 5) is 15.9. The van der Waals surface area contributed by atoms with Crippen molar-refractivity contribution in [3.8, 4) is 5.75 Å². The summed E-state index contributed by atoms with van der Waals surface area (Å²) in [6.07, 6.45) is 1.58. The summed E-state index contributed by atoms with van der Waals surface area (Å²) in [6.45, 7) is 1.42. The molecule has 0 saturated heterocycles. The Kier molecular flexibility index (Phi) is 4.60. The molecule has 3 aromatic rings. The van der Waals surface area contributed by atoms with E-state index in [1.807, 2.05) is 0 Å². The number of hydrogen-bond acceptors (Lipinski definition) is 3. The maximum Gasteiger partial charge on any atom is 0.217 e. The lowest BCUT2D eigenvalue weighted by Crippen LogP contribution is -2.27. The molecule has 3 rings (SSSR count). The first kappa shape index (κ1) is 16.6. The molecule has 0 bridgehead atoms. The highest BCUT2D eigenvalue weighted by molar-refractivity contribution is 6.35. The molecule has 0 fully saturated rings. The Balaban J connectivity index is 2.21. The molecule has 24 heavy (non-hydrogen) atoms. The minimum absolute atomic E-state index is 0.0105.